The number of hydrogen-bond acceptors (Lipinski definition) is 6. The van der Waals surface area contributed by atoms with Crippen LogP contribution in [0.5, 0.6) is 5.75 Å². The minimum absolute atomic E-state index is 0.103. The van der Waals surface area contributed by atoms with Crippen molar-refractivity contribution in [3.05, 3.63) is 93.7 Å². The summed E-state index contributed by atoms with van der Waals surface area (Å²) in [6.07, 6.45) is 0.147. The number of aryl methyl sites for hydroxylation is 1. The largest absolute Gasteiger partial charge is 0.497 e. The van der Waals surface area contributed by atoms with Crippen molar-refractivity contribution in [2.45, 2.75) is 36.1 Å². The van der Waals surface area contributed by atoms with Crippen molar-refractivity contribution in [2.75, 3.05) is 13.7 Å². The number of carbonyl (C=O) groups is 1. The zero-order valence-corrected chi connectivity index (χ0v) is 23.4. The van der Waals surface area contributed by atoms with Crippen LogP contribution in [0.2, 0.25) is 0 Å². The molecule has 0 aliphatic carbocycles. The summed E-state index contributed by atoms with van der Waals surface area (Å²) in [5.74, 6) is 1.62. The molecule has 38 heavy (non-hydrogen) atoms. The first-order valence-corrected chi connectivity index (χ1v) is 13.7. The van der Waals surface area contributed by atoms with Crippen molar-refractivity contribution in [2.24, 2.45) is 4.99 Å². The molecule has 1 aliphatic heterocycles. The molecule has 7 nitrogen and oxygen atoms in total. The minimum Gasteiger partial charge on any atom is -0.497 e. The molecule has 0 fully saturated rings. The van der Waals surface area contributed by atoms with Gasteiger partial charge in [-0.3, -0.25) is 14.4 Å². The lowest BCUT2D eigenvalue weighted by atomic mass is 10.00. The Labute approximate surface area is 232 Å². The molecule has 0 saturated carbocycles. The fourth-order valence-electron chi connectivity index (χ4n) is 4.37. The highest BCUT2D eigenvalue weighted by Crippen LogP contribution is 2.35. The molecule has 5 rings (SSSR count). The SMILES string of the molecule is CCNC(=O)C[C@@H]1N=C(c2ccc(Sc3ccc(F)c(Br)c3)cc2)c2cc(OC)ccc2-n2c(C)nnc21. The molecule has 0 bridgehead atoms. The van der Waals surface area contributed by atoms with E-state index in [1.807, 2.05) is 60.9 Å². The van der Waals surface area contributed by atoms with Crippen molar-refractivity contribution in [3.8, 4) is 11.4 Å². The van der Waals surface area contributed by atoms with Gasteiger partial charge in [-0.05, 0) is 78.3 Å². The number of nitrogens with one attached hydrogen (secondary N) is 1. The number of methoxy groups -OCH3 is 1. The number of ether oxygens (including phenoxy) is 1. The van der Waals surface area contributed by atoms with Gasteiger partial charge >= 0.3 is 0 Å². The highest BCUT2D eigenvalue weighted by Gasteiger charge is 2.30. The Balaban J connectivity index is 1.58. The third-order valence-corrected chi connectivity index (χ3v) is 7.75. The molecule has 10 heteroatoms. The number of aromatic nitrogens is 3. The van der Waals surface area contributed by atoms with Gasteiger partial charge in [0.15, 0.2) is 5.82 Å². The van der Waals surface area contributed by atoms with Gasteiger partial charge in [-0.1, -0.05) is 23.9 Å². The lowest BCUT2D eigenvalue weighted by Crippen LogP contribution is -2.25. The van der Waals surface area contributed by atoms with Crippen LogP contribution in [-0.2, 0) is 4.79 Å². The van der Waals surface area contributed by atoms with E-state index in [2.05, 4.69) is 31.4 Å². The summed E-state index contributed by atoms with van der Waals surface area (Å²) < 4.78 is 21.6. The highest BCUT2D eigenvalue weighted by molar-refractivity contribution is 9.10. The average Bonchev–Trinajstić information content (AvgIpc) is 3.23. The summed E-state index contributed by atoms with van der Waals surface area (Å²) in [7, 11) is 1.63. The van der Waals surface area contributed by atoms with Gasteiger partial charge in [0.25, 0.3) is 0 Å². The molecule has 0 saturated heterocycles. The van der Waals surface area contributed by atoms with E-state index in [1.165, 1.54) is 17.8 Å². The molecule has 1 aromatic heterocycles. The maximum atomic E-state index is 13.6. The minimum atomic E-state index is -0.526. The van der Waals surface area contributed by atoms with Crippen LogP contribution >= 0.6 is 27.7 Å². The van der Waals surface area contributed by atoms with Gasteiger partial charge in [-0.2, -0.15) is 0 Å². The van der Waals surface area contributed by atoms with E-state index < -0.39 is 6.04 Å². The molecule has 2 heterocycles. The van der Waals surface area contributed by atoms with E-state index in [0.717, 1.165) is 32.3 Å². The number of carbonyl (C=O) groups excluding carboxylic acids is 1. The molecule has 1 amide bonds. The number of halogens is 2. The topological polar surface area (TPSA) is 81.4 Å². The summed E-state index contributed by atoms with van der Waals surface area (Å²) in [6.45, 7) is 4.31. The molecule has 194 valence electrons. The van der Waals surface area contributed by atoms with E-state index in [-0.39, 0.29) is 18.1 Å². The van der Waals surface area contributed by atoms with Crippen LogP contribution in [-0.4, -0.2) is 40.0 Å². The fraction of sp³-hybridized carbons (Fsp3) is 0.214. The molecule has 4 aromatic rings. The summed E-state index contributed by atoms with van der Waals surface area (Å²) in [4.78, 5) is 19.6. The number of fused-ring (bicyclic) bond motifs is 3. The summed E-state index contributed by atoms with van der Waals surface area (Å²) >= 11 is 4.79. The van der Waals surface area contributed by atoms with Crippen LogP contribution in [0.15, 0.2) is 79.9 Å². The van der Waals surface area contributed by atoms with E-state index in [4.69, 9.17) is 9.73 Å². The predicted octanol–water partition coefficient (Wildman–Crippen LogP) is 6.06. The molecule has 3 aromatic carbocycles. The third-order valence-electron chi connectivity index (χ3n) is 6.14. The second-order valence-corrected chi connectivity index (χ2v) is 10.7. The third kappa shape index (κ3) is 5.23. The lowest BCUT2D eigenvalue weighted by Gasteiger charge is -2.14. The van der Waals surface area contributed by atoms with Crippen LogP contribution < -0.4 is 10.1 Å². The van der Waals surface area contributed by atoms with Gasteiger partial charge in [-0.15, -0.1) is 10.2 Å². The van der Waals surface area contributed by atoms with E-state index in [0.29, 0.717) is 28.4 Å². The number of benzene rings is 3. The first-order chi connectivity index (χ1) is 18.4. The zero-order valence-electron chi connectivity index (χ0n) is 21.0. The molecular weight excluding hydrogens is 569 g/mol. The van der Waals surface area contributed by atoms with Crippen molar-refractivity contribution in [3.63, 3.8) is 0 Å². The van der Waals surface area contributed by atoms with E-state index >= 15 is 0 Å². The smallest absolute Gasteiger partial charge is 0.222 e. The number of hydrogen-bond donors (Lipinski definition) is 1. The van der Waals surface area contributed by atoms with Gasteiger partial charge in [0.05, 0.1) is 29.4 Å². The van der Waals surface area contributed by atoms with Gasteiger partial charge in [0.2, 0.25) is 5.91 Å². The maximum Gasteiger partial charge on any atom is 0.222 e. The van der Waals surface area contributed by atoms with Gasteiger partial charge in [0.1, 0.15) is 23.4 Å². The molecule has 0 spiro atoms. The highest BCUT2D eigenvalue weighted by atomic mass is 79.9. The van der Waals surface area contributed by atoms with E-state index in [9.17, 15) is 9.18 Å². The van der Waals surface area contributed by atoms with Crippen LogP contribution in [0, 0.1) is 12.7 Å². The van der Waals surface area contributed by atoms with Crippen molar-refractivity contribution >= 4 is 39.3 Å². The van der Waals surface area contributed by atoms with Crippen LogP contribution in [0.1, 0.15) is 42.2 Å². The Morgan fingerprint density at radius 1 is 1.11 bits per heavy atom. The molecule has 0 unspecified atom stereocenters. The summed E-state index contributed by atoms with van der Waals surface area (Å²) in [5, 5.41) is 11.6. The Morgan fingerprint density at radius 3 is 2.58 bits per heavy atom. The van der Waals surface area contributed by atoms with Crippen LogP contribution in [0.4, 0.5) is 4.39 Å². The quantitative estimate of drug-likeness (QED) is 0.282. The monoisotopic (exact) mass is 593 g/mol. The van der Waals surface area contributed by atoms with Crippen LogP contribution in [0.25, 0.3) is 5.69 Å². The number of aliphatic imine (C=N–C) groups is 1. The lowest BCUT2D eigenvalue weighted by molar-refractivity contribution is -0.121. The van der Waals surface area contributed by atoms with Gasteiger partial charge in [-0.25, -0.2) is 4.39 Å². The molecule has 1 aliphatic rings. The van der Waals surface area contributed by atoms with E-state index in [1.54, 1.807) is 19.2 Å². The number of amides is 1. The Morgan fingerprint density at radius 2 is 1.87 bits per heavy atom. The fourth-order valence-corrected chi connectivity index (χ4v) is 5.76. The Hall–Kier alpha value is -3.50. The summed E-state index contributed by atoms with van der Waals surface area (Å²) in [6, 6.07) is 18.3. The molecule has 1 atom stereocenters. The predicted molar refractivity (Wildman–Crippen MR) is 149 cm³/mol. The number of rotatable bonds is 7. The van der Waals surface area contributed by atoms with Crippen molar-refractivity contribution in [1.82, 2.24) is 20.1 Å². The Bertz CT molecular complexity index is 1540. The standard InChI is InChI=1S/C28H25BrFN5O2S/c1-4-31-26(36)15-24-28-34-33-16(2)35(28)25-12-7-18(37-3)13-21(25)27(32-24)17-5-8-19(9-6-17)38-20-10-11-23(30)22(29)14-20/h5-14,24H,4,15H2,1-3H3,(H,31,36)/t24-/m0/s1. The second kappa shape index (κ2) is 11.1. The van der Waals surface area contributed by atoms with Gasteiger partial charge in [0, 0.05) is 27.5 Å². The molecular formula is C28H25BrFN5O2S. The first-order valence-electron chi connectivity index (χ1n) is 12.1. The van der Waals surface area contributed by atoms with Crippen molar-refractivity contribution in [1.29, 1.82) is 0 Å². The molecule has 1 N–H and O–H groups in total. The Kier molecular flexibility index (Phi) is 7.62. The van der Waals surface area contributed by atoms with Gasteiger partial charge < -0.3 is 10.1 Å². The number of nitrogens with zero attached hydrogens (tertiary/aromatic N) is 4. The zero-order chi connectivity index (χ0) is 26.8. The normalized spacial score (nSPS) is 14.2. The second-order valence-electron chi connectivity index (χ2n) is 8.68. The average molecular weight is 595 g/mol. The van der Waals surface area contributed by atoms with Crippen molar-refractivity contribution < 1.29 is 13.9 Å². The molecule has 0 radical (unpaired) electrons. The maximum absolute atomic E-state index is 13.6. The van der Waals surface area contributed by atoms with Crippen LogP contribution in [0.3, 0.4) is 0 Å². The first kappa shape index (κ1) is 26.1. The summed E-state index contributed by atoms with van der Waals surface area (Å²) in [5.41, 5.74) is 3.35.